The fourth-order valence-corrected chi connectivity index (χ4v) is 2.02. The minimum Gasteiger partial charge on any atom is -0.464 e. The van der Waals surface area contributed by atoms with Crippen LogP contribution in [-0.4, -0.2) is 23.8 Å². The molecule has 1 atom stereocenters. The van der Waals surface area contributed by atoms with Gasteiger partial charge in [-0.3, -0.25) is 0 Å². The number of hydrogen-bond donors (Lipinski definition) is 0. The quantitative estimate of drug-likeness (QED) is 0.387. The SMILES string of the molecule is CCCCCC1(C(=O)OCC)OC1(C)C. The van der Waals surface area contributed by atoms with Gasteiger partial charge in [0.05, 0.1) is 6.61 Å². The third-order valence-corrected chi connectivity index (χ3v) is 3.10. The van der Waals surface area contributed by atoms with E-state index in [1.807, 2.05) is 20.8 Å². The first-order valence-corrected chi connectivity index (χ1v) is 5.87. The Bertz CT molecular complexity index is 235. The lowest BCUT2D eigenvalue weighted by Gasteiger charge is -2.13. The number of carbonyl (C=O) groups excluding carboxylic acids is 1. The molecule has 0 aromatic heterocycles. The molecule has 0 amide bonds. The first-order valence-electron chi connectivity index (χ1n) is 5.87. The van der Waals surface area contributed by atoms with Gasteiger partial charge in [0.2, 0.25) is 0 Å². The van der Waals surface area contributed by atoms with Crippen LogP contribution in [0.15, 0.2) is 0 Å². The van der Waals surface area contributed by atoms with Gasteiger partial charge in [-0.2, -0.15) is 0 Å². The summed E-state index contributed by atoms with van der Waals surface area (Å²) < 4.78 is 10.6. The number of esters is 1. The maximum atomic E-state index is 11.8. The summed E-state index contributed by atoms with van der Waals surface area (Å²) in [7, 11) is 0. The molecule has 1 saturated heterocycles. The van der Waals surface area contributed by atoms with Gasteiger partial charge in [-0.15, -0.1) is 0 Å². The Balaban J connectivity index is 2.54. The fourth-order valence-electron chi connectivity index (χ4n) is 2.02. The summed E-state index contributed by atoms with van der Waals surface area (Å²) in [5, 5.41) is 0. The standard InChI is InChI=1S/C12H22O3/c1-5-7-8-9-12(10(13)14-6-2)11(3,4)15-12/h5-9H2,1-4H3. The molecule has 88 valence electrons. The monoisotopic (exact) mass is 214 g/mol. The van der Waals surface area contributed by atoms with Crippen molar-refractivity contribution in [1.82, 2.24) is 0 Å². The molecule has 0 aromatic carbocycles. The highest BCUT2D eigenvalue weighted by Crippen LogP contribution is 2.51. The van der Waals surface area contributed by atoms with E-state index in [0.29, 0.717) is 6.61 Å². The third-order valence-electron chi connectivity index (χ3n) is 3.10. The van der Waals surface area contributed by atoms with Crippen molar-refractivity contribution in [1.29, 1.82) is 0 Å². The van der Waals surface area contributed by atoms with E-state index in [0.717, 1.165) is 25.7 Å². The molecule has 1 aliphatic rings. The molecule has 1 rings (SSSR count). The summed E-state index contributed by atoms with van der Waals surface area (Å²) in [6.45, 7) is 8.31. The van der Waals surface area contributed by atoms with Crippen LogP contribution in [0.25, 0.3) is 0 Å². The number of carbonyl (C=O) groups is 1. The van der Waals surface area contributed by atoms with Crippen molar-refractivity contribution in [2.45, 2.75) is 64.6 Å². The summed E-state index contributed by atoms with van der Waals surface area (Å²) in [4.78, 5) is 11.8. The van der Waals surface area contributed by atoms with Gasteiger partial charge in [0, 0.05) is 0 Å². The highest BCUT2D eigenvalue weighted by molar-refractivity contribution is 5.84. The van der Waals surface area contributed by atoms with Gasteiger partial charge in [-0.25, -0.2) is 4.79 Å². The van der Waals surface area contributed by atoms with E-state index in [9.17, 15) is 4.79 Å². The summed E-state index contributed by atoms with van der Waals surface area (Å²) in [6.07, 6.45) is 4.10. The van der Waals surface area contributed by atoms with Crippen LogP contribution in [0.4, 0.5) is 0 Å². The van der Waals surface area contributed by atoms with E-state index in [-0.39, 0.29) is 11.6 Å². The van der Waals surface area contributed by atoms with E-state index in [1.54, 1.807) is 0 Å². The van der Waals surface area contributed by atoms with Crippen molar-refractivity contribution in [3.8, 4) is 0 Å². The van der Waals surface area contributed by atoms with Crippen LogP contribution in [-0.2, 0) is 14.3 Å². The summed E-state index contributed by atoms with van der Waals surface area (Å²) >= 11 is 0. The number of epoxide rings is 1. The zero-order chi connectivity index (χ0) is 11.5. The lowest BCUT2D eigenvalue weighted by molar-refractivity contribution is -0.149. The van der Waals surface area contributed by atoms with Gasteiger partial charge in [0.15, 0.2) is 5.60 Å². The van der Waals surface area contributed by atoms with Crippen molar-refractivity contribution in [3.63, 3.8) is 0 Å². The molecule has 0 spiro atoms. The molecule has 0 radical (unpaired) electrons. The molecule has 15 heavy (non-hydrogen) atoms. The van der Waals surface area contributed by atoms with Gasteiger partial charge in [-0.1, -0.05) is 19.8 Å². The largest absolute Gasteiger partial charge is 0.464 e. The Kier molecular flexibility index (Phi) is 3.77. The molecular weight excluding hydrogens is 192 g/mol. The normalized spacial score (nSPS) is 27.5. The summed E-state index contributed by atoms with van der Waals surface area (Å²) in [6, 6.07) is 0. The first-order chi connectivity index (χ1) is 7.00. The van der Waals surface area contributed by atoms with Crippen LogP contribution in [0.1, 0.15) is 53.4 Å². The Morgan fingerprint density at radius 3 is 2.27 bits per heavy atom. The van der Waals surface area contributed by atoms with Crippen LogP contribution in [0.3, 0.4) is 0 Å². The van der Waals surface area contributed by atoms with Crippen LogP contribution in [0.2, 0.25) is 0 Å². The average molecular weight is 214 g/mol. The fraction of sp³-hybridized carbons (Fsp3) is 0.917. The number of ether oxygens (including phenoxy) is 2. The molecule has 1 heterocycles. The molecule has 0 aromatic rings. The van der Waals surface area contributed by atoms with Crippen LogP contribution in [0, 0.1) is 0 Å². The maximum Gasteiger partial charge on any atom is 0.341 e. The lowest BCUT2D eigenvalue weighted by Crippen LogP contribution is -2.33. The summed E-state index contributed by atoms with van der Waals surface area (Å²) in [5.74, 6) is -0.189. The van der Waals surface area contributed by atoms with E-state index in [2.05, 4.69) is 6.92 Å². The molecule has 0 aliphatic carbocycles. The van der Waals surface area contributed by atoms with Gasteiger partial charge >= 0.3 is 5.97 Å². The second kappa shape index (κ2) is 4.52. The minimum atomic E-state index is -0.655. The topological polar surface area (TPSA) is 38.8 Å². The smallest absolute Gasteiger partial charge is 0.341 e. The molecular formula is C12H22O3. The highest BCUT2D eigenvalue weighted by Gasteiger charge is 2.69. The molecule has 3 nitrogen and oxygen atoms in total. The predicted octanol–water partition coefficient (Wildman–Crippen LogP) is 2.68. The molecule has 1 aliphatic heterocycles. The van der Waals surface area contributed by atoms with Crippen LogP contribution in [0.5, 0.6) is 0 Å². The van der Waals surface area contributed by atoms with Gasteiger partial charge in [0.1, 0.15) is 5.60 Å². The average Bonchev–Trinajstić information content (AvgIpc) is 2.71. The van der Waals surface area contributed by atoms with Crippen molar-refractivity contribution in [3.05, 3.63) is 0 Å². The second-order valence-electron chi connectivity index (χ2n) is 4.62. The predicted molar refractivity (Wildman–Crippen MR) is 58.7 cm³/mol. The molecule has 3 heteroatoms. The number of unbranched alkanes of at least 4 members (excludes halogenated alkanes) is 2. The molecule has 0 N–H and O–H groups in total. The Morgan fingerprint density at radius 1 is 1.27 bits per heavy atom. The Morgan fingerprint density at radius 2 is 1.87 bits per heavy atom. The third kappa shape index (κ3) is 2.33. The van der Waals surface area contributed by atoms with Gasteiger partial charge in [0.25, 0.3) is 0 Å². The zero-order valence-corrected chi connectivity index (χ0v) is 10.3. The Hall–Kier alpha value is -0.570. The molecule has 0 bridgehead atoms. The van der Waals surface area contributed by atoms with Crippen molar-refractivity contribution in [2.75, 3.05) is 6.61 Å². The maximum absolute atomic E-state index is 11.8. The first kappa shape index (κ1) is 12.5. The number of hydrogen-bond acceptors (Lipinski definition) is 3. The van der Waals surface area contributed by atoms with Crippen molar-refractivity contribution < 1.29 is 14.3 Å². The zero-order valence-electron chi connectivity index (χ0n) is 10.3. The highest BCUT2D eigenvalue weighted by atomic mass is 16.7. The molecule has 1 fully saturated rings. The second-order valence-corrected chi connectivity index (χ2v) is 4.62. The molecule has 1 unspecified atom stereocenters. The Labute approximate surface area is 92.1 Å². The van der Waals surface area contributed by atoms with E-state index in [1.165, 1.54) is 0 Å². The van der Waals surface area contributed by atoms with Crippen molar-refractivity contribution >= 4 is 5.97 Å². The van der Waals surface area contributed by atoms with Gasteiger partial charge < -0.3 is 9.47 Å². The molecule has 0 saturated carbocycles. The van der Waals surface area contributed by atoms with Crippen molar-refractivity contribution in [2.24, 2.45) is 0 Å². The van der Waals surface area contributed by atoms with Crippen LogP contribution >= 0.6 is 0 Å². The van der Waals surface area contributed by atoms with Crippen LogP contribution < -0.4 is 0 Å². The van der Waals surface area contributed by atoms with E-state index in [4.69, 9.17) is 9.47 Å². The summed E-state index contributed by atoms with van der Waals surface area (Å²) in [5.41, 5.74) is -0.995. The number of rotatable bonds is 6. The minimum absolute atomic E-state index is 0.189. The lowest BCUT2D eigenvalue weighted by atomic mass is 9.90. The van der Waals surface area contributed by atoms with Gasteiger partial charge in [-0.05, 0) is 33.6 Å². The van der Waals surface area contributed by atoms with E-state index >= 15 is 0 Å². The van der Waals surface area contributed by atoms with E-state index < -0.39 is 5.60 Å².